The van der Waals surface area contributed by atoms with E-state index in [4.69, 9.17) is 0 Å². The summed E-state index contributed by atoms with van der Waals surface area (Å²) in [6.45, 7) is 2.69. The first-order valence-electron chi connectivity index (χ1n) is 6.23. The van der Waals surface area contributed by atoms with Crippen molar-refractivity contribution in [2.45, 2.75) is 19.9 Å². The number of aromatic nitrogens is 1. The van der Waals surface area contributed by atoms with Gasteiger partial charge in [0.05, 0.1) is 12.1 Å². The Labute approximate surface area is 116 Å². The van der Waals surface area contributed by atoms with E-state index >= 15 is 0 Å². The highest BCUT2D eigenvalue weighted by Crippen LogP contribution is 2.17. The third kappa shape index (κ3) is 3.32. The number of anilines is 1. The maximum absolute atomic E-state index is 12.1. The Kier molecular flexibility index (Phi) is 4.52. The van der Waals surface area contributed by atoms with Gasteiger partial charge in [-0.2, -0.15) is 0 Å². The highest BCUT2D eigenvalue weighted by atomic mass is 32.1. The van der Waals surface area contributed by atoms with Crippen LogP contribution in [-0.2, 0) is 13.0 Å². The second-order valence-corrected chi connectivity index (χ2v) is 5.31. The van der Waals surface area contributed by atoms with Crippen LogP contribution in [0.15, 0.2) is 30.5 Å². The first-order chi connectivity index (χ1) is 9.24. The standard InChI is InChI=1S/C14H17N3OS/c1-3-10-6-7-11(19-10)9-17-14(18)12-5-4-8-16-13(12)15-2/h4-8H,3,9H2,1-2H3,(H,15,16)(H,17,18). The molecule has 0 unspecified atom stereocenters. The lowest BCUT2D eigenvalue weighted by Crippen LogP contribution is -2.23. The minimum atomic E-state index is -0.108. The molecule has 2 rings (SSSR count). The van der Waals surface area contributed by atoms with Gasteiger partial charge >= 0.3 is 0 Å². The molecule has 0 spiro atoms. The maximum Gasteiger partial charge on any atom is 0.255 e. The zero-order valence-corrected chi connectivity index (χ0v) is 11.9. The topological polar surface area (TPSA) is 54.0 Å². The average Bonchev–Trinajstić information content (AvgIpc) is 2.92. The lowest BCUT2D eigenvalue weighted by atomic mass is 10.2. The van der Waals surface area contributed by atoms with Crippen LogP contribution in [0.4, 0.5) is 5.82 Å². The van der Waals surface area contributed by atoms with Crippen molar-refractivity contribution < 1.29 is 4.79 Å². The molecule has 0 atom stereocenters. The number of hydrogen-bond acceptors (Lipinski definition) is 4. The predicted molar refractivity (Wildman–Crippen MR) is 78.7 cm³/mol. The molecule has 0 saturated carbocycles. The lowest BCUT2D eigenvalue weighted by Gasteiger charge is -2.07. The lowest BCUT2D eigenvalue weighted by molar-refractivity contribution is 0.0952. The summed E-state index contributed by atoms with van der Waals surface area (Å²) < 4.78 is 0. The van der Waals surface area contributed by atoms with Crippen molar-refractivity contribution in [1.82, 2.24) is 10.3 Å². The van der Waals surface area contributed by atoms with E-state index < -0.39 is 0 Å². The smallest absolute Gasteiger partial charge is 0.255 e. The molecule has 0 aliphatic heterocycles. The summed E-state index contributed by atoms with van der Waals surface area (Å²) in [5.41, 5.74) is 0.567. The minimum absolute atomic E-state index is 0.108. The number of carbonyl (C=O) groups is 1. The number of aryl methyl sites for hydroxylation is 1. The molecule has 5 heteroatoms. The third-order valence-electron chi connectivity index (χ3n) is 2.78. The number of hydrogen-bond donors (Lipinski definition) is 2. The van der Waals surface area contributed by atoms with Gasteiger partial charge in [0.15, 0.2) is 0 Å². The molecule has 100 valence electrons. The molecule has 0 fully saturated rings. The van der Waals surface area contributed by atoms with Gasteiger partial charge < -0.3 is 10.6 Å². The molecule has 0 aliphatic carbocycles. The second-order valence-electron chi connectivity index (χ2n) is 4.05. The van der Waals surface area contributed by atoms with Gasteiger partial charge in [-0.1, -0.05) is 6.92 Å². The van der Waals surface area contributed by atoms with E-state index in [0.29, 0.717) is 17.9 Å². The van der Waals surface area contributed by atoms with E-state index in [1.165, 1.54) is 9.75 Å². The molecule has 0 aliphatic rings. The zero-order chi connectivity index (χ0) is 13.7. The van der Waals surface area contributed by atoms with Gasteiger partial charge in [-0.25, -0.2) is 4.98 Å². The van der Waals surface area contributed by atoms with Crippen LogP contribution in [0.1, 0.15) is 27.0 Å². The van der Waals surface area contributed by atoms with E-state index in [1.54, 1.807) is 36.7 Å². The Morgan fingerprint density at radius 2 is 2.11 bits per heavy atom. The normalized spacial score (nSPS) is 10.2. The van der Waals surface area contributed by atoms with E-state index in [9.17, 15) is 4.79 Å². The fourth-order valence-corrected chi connectivity index (χ4v) is 2.66. The van der Waals surface area contributed by atoms with Crippen molar-refractivity contribution in [1.29, 1.82) is 0 Å². The quantitative estimate of drug-likeness (QED) is 0.882. The predicted octanol–water partition coefficient (Wildman–Crippen LogP) is 2.68. The molecule has 0 bridgehead atoms. The van der Waals surface area contributed by atoms with Gasteiger partial charge in [0.2, 0.25) is 0 Å². The summed E-state index contributed by atoms with van der Waals surface area (Å²) in [7, 11) is 1.76. The van der Waals surface area contributed by atoms with Crippen molar-refractivity contribution in [3.05, 3.63) is 45.8 Å². The number of rotatable bonds is 5. The highest BCUT2D eigenvalue weighted by molar-refractivity contribution is 7.11. The monoisotopic (exact) mass is 275 g/mol. The van der Waals surface area contributed by atoms with Crippen LogP contribution in [0.25, 0.3) is 0 Å². The Balaban J connectivity index is 2.01. The molecule has 2 aromatic rings. The number of amides is 1. The molecular formula is C14H17N3OS. The van der Waals surface area contributed by atoms with Gasteiger partial charge in [0.25, 0.3) is 5.91 Å². The number of thiophene rings is 1. The number of nitrogens with one attached hydrogen (secondary N) is 2. The van der Waals surface area contributed by atoms with Crippen LogP contribution in [0.3, 0.4) is 0 Å². The van der Waals surface area contributed by atoms with Gasteiger partial charge in [-0.15, -0.1) is 11.3 Å². The van der Waals surface area contributed by atoms with Gasteiger partial charge in [-0.3, -0.25) is 4.79 Å². The van der Waals surface area contributed by atoms with Crippen molar-refractivity contribution in [3.8, 4) is 0 Å². The summed E-state index contributed by atoms with van der Waals surface area (Å²) in [6, 6.07) is 7.69. The third-order valence-corrected chi connectivity index (χ3v) is 4.01. The fraction of sp³-hybridized carbons (Fsp3) is 0.286. The van der Waals surface area contributed by atoms with E-state index in [-0.39, 0.29) is 5.91 Å². The van der Waals surface area contributed by atoms with Gasteiger partial charge in [0, 0.05) is 23.0 Å². The fourth-order valence-electron chi connectivity index (χ4n) is 1.76. The summed E-state index contributed by atoms with van der Waals surface area (Å²) >= 11 is 1.73. The molecule has 0 saturated heterocycles. The van der Waals surface area contributed by atoms with E-state index in [2.05, 4.69) is 34.7 Å². The van der Waals surface area contributed by atoms with Crippen LogP contribution < -0.4 is 10.6 Å². The SMILES string of the molecule is CCc1ccc(CNC(=O)c2cccnc2NC)s1. The molecule has 1 amide bonds. The zero-order valence-electron chi connectivity index (χ0n) is 11.1. The number of nitrogens with zero attached hydrogens (tertiary/aromatic N) is 1. The Morgan fingerprint density at radius 3 is 2.79 bits per heavy atom. The van der Waals surface area contributed by atoms with Crippen molar-refractivity contribution >= 4 is 23.1 Å². The number of pyridine rings is 1. The van der Waals surface area contributed by atoms with E-state index in [0.717, 1.165) is 6.42 Å². The largest absolute Gasteiger partial charge is 0.372 e. The van der Waals surface area contributed by atoms with Crippen molar-refractivity contribution in [2.75, 3.05) is 12.4 Å². The minimum Gasteiger partial charge on any atom is -0.372 e. The Morgan fingerprint density at radius 1 is 1.32 bits per heavy atom. The first-order valence-corrected chi connectivity index (χ1v) is 7.04. The molecule has 0 radical (unpaired) electrons. The van der Waals surface area contributed by atoms with Crippen LogP contribution >= 0.6 is 11.3 Å². The molecule has 2 N–H and O–H groups in total. The average molecular weight is 275 g/mol. The van der Waals surface area contributed by atoms with Crippen molar-refractivity contribution in [3.63, 3.8) is 0 Å². The molecule has 4 nitrogen and oxygen atoms in total. The van der Waals surface area contributed by atoms with Gasteiger partial charge in [0.1, 0.15) is 5.82 Å². The second kappa shape index (κ2) is 6.33. The molecular weight excluding hydrogens is 258 g/mol. The van der Waals surface area contributed by atoms with E-state index in [1.807, 2.05) is 0 Å². The first kappa shape index (κ1) is 13.5. The summed E-state index contributed by atoms with van der Waals surface area (Å²) in [5, 5.41) is 5.84. The van der Waals surface area contributed by atoms with Crippen LogP contribution in [-0.4, -0.2) is 17.9 Å². The molecule has 19 heavy (non-hydrogen) atoms. The summed E-state index contributed by atoms with van der Waals surface area (Å²) in [5.74, 6) is 0.490. The van der Waals surface area contributed by atoms with Crippen LogP contribution in [0.5, 0.6) is 0 Å². The van der Waals surface area contributed by atoms with Crippen LogP contribution in [0.2, 0.25) is 0 Å². The molecule has 2 heterocycles. The van der Waals surface area contributed by atoms with Gasteiger partial charge in [-0.05, 0) is 30.7 Å². The Bertz CT molecular complexity index is 565. The van der Waals surface area contributed by atoms with Crippen LogP contribution in [0, 0.1) is 0 Å². The Hall–Kier alpha value is -1.88. The summed E-state index contributed by atoms with van der Waals surface area (Å²) in [6.07, 6.45) is 2.69. The number of carbonyl (C=O) groups excluding carboxylic acids is 1. The van der Waals surface area contributed by atoms with Crippen molar-refractivity contribution in [2.24, 2.45) is 0 Å². The molecule has 0 aromatic carbocycles. The highest BCUT2D eigenvalue weighted by Gasteiger charge is 2.11. The summed E-state index contributed by atoms with van der Waals surface area (Å²) in [4.78, 5) is 18.7. The molecule has 2 aromatic heterocycles. The maximum atomic E-state index is 12.1.